The zero-order chi connectivity index (χ0) is 30.5. The minimum Gasteiger partial charge on any atom is -0.493 e. The molecule has 0 aliphatic carbocycles. The summed E-state index contributed by atoms with van der Waals surface area (Å²) in [7, 11) is 0. The van der Waals surface area contributed by atoms with Gasteiger partial charge in [0.1, 0.15) is 23.0 Å². The highest BCUT2D eigenvalue weighted by atomic mass is 32.1. The van der Waals surface area contributed by atoms with Gasteiger partial charge in [-0.3, -0.25) is 14.3 Å². The topological polar surface area (TPSA) is 89.4 Å². The zero-order valence-electron chi connectivity index (χ0n) is 23.8. The van der Waals surface area contributed by atoms with Gasteiger partial charge in [-0.15, -0.1) is 11.3 Å². The van der Waals surface area contributed by atoms with Crippen molar-refractivity contribution in [3.05, 3.63) is 89.0 Å². The Kier molecular flexibility index (Phi) is 6.97. The number of nitrogens with one attached hydrogen (secondary N) is 1. The van der Waals surface area contributed by atoms with E-state index in [0.29, 0.717) is 60.9 Å². The number of hydrogen-bond acceptors (Lipinski definition) is 6. The van der Waals surface area contributed by atoms with Gasteiger partial charge in [0.15, 0.2) is 5.83 Å². The number of rotatable bonds is 6. The molecule has 7 rings (SSSR count). The number of thiophene rings is 1. The molecule has 0 saturated carbocycles. The molecule has 2 amide bonds. The lowest BCUT2D eigenvalue weighted by Crippen LogP contribution is -2.38. The van der Waals surface area contributed by atoms with Crippen LogP contribution in [-0.4, -0.2) is 51.2 Å². The van der Waals surface area contributed by atoms with Crippen molar-refractivity contribution < 1.29 is 23.1 Å². The molecule has 0 atom stereocenters. The number of carbonyl (C=O) groups is 2. The largest absolute Gasteiger partial charge is 0.493 e. The normalized spacial score (nSPS) is 14.2. The molecule has 2 aliphatic rings. The molecule has 2 aliphatic heterocycles. The van der Waals surface area contributed by atoms with E-state index in [4.69, 9.17) is 14.8 Å². The van der Waals surface area contributed by atoms with Crippen LogP contribution in [0.5, 0.6) is 5.75 Å². The first kappa shape index (κ1) is 27.9. The SMILES string of the molecule is C=C(F)C(=O)N1CCn2nc(-c3nc(-c4ccc5c(c4)CCNC5=O)c4ccsc4c3-c3ccc(F)cc3OCC)cc2C1. The van der Waals surface area contributed by atoms with Crippen LogP contribution in [-0.2, 0) is 24.3 Å². The molecule has 3 aromatic heterocycles. The van der Waals surface area contributed by atoms with Crippen molar-refractivity contribution in [3.63, 3.8) is 0 Å². The van der Waals surface area contributed by atoms with Crippen molar-refractivity contribution in [1.29, 1.82) is 0 Å². The molecule has 0 radical (unpaired) electrons. The van der Waals surface area contributed by atoms with Crippen LogP contribution < -0.4 is 10.1 Å². The molecule has 222 valence electrons. The van der Waals surface area contributed by atoms with Crippen LogP contribution in [0, 0.1) is 5.82 Å². The van der Waals surface area contributed by atoms with E-state index < -0.39 is 17.6 Å². The van der Waals surface area contributed by atoms with Crippen LogP contribution in [0.25, 0.3) is 43.9 Å². The first-order valence-electron chi connectivity index (χ1n) is 14.3. The Morgan fingerprint density at radius 2 is 1.95 bits per heavy atom. The predicted octanol–water partition coefficient (Wildman–Crippen LogP) is 6.14. The summed E-state index contributed by atoms with van der Waals surface area (Å²) in [5, 5.41) is 10.7. The number of pyridine rings is 1. The number of amides is 2. The lowest BCUT2D eigenvalue weighted by atomic mass is 9.94. The van der Waals surface area contributed by atoms with E-state index in [2.05, 4.69) is 11.9 Å². The summed E-state index contributed by atoms with van der Waals surface area (Å²) in [6.45, 7) is 6.76. The summed E-state index contributed by atoms with van der Waals surface area (Å²) < 4.78 is 36.7. The Morgan fingerprint density at radius 1 is 1.11 bits per heavy atom. The van der Waals surface area contributed by atoms with Crippen molar-refractivity contribution in [1.82, 2.24) is 25.0 Å². The standard InChI is InChI=1S/C33H27F2N5O3S/c1-3-43-27-15-21(35)5-7-24(27)28-30(26-16-22-17-39(33(42)18(2)34)11-12-40(22)38-26)37-29(25-9-13-44-31(25)28)20-4-6-23-19(14-20)8-10-36-32(23)41/h4-7,9,13-16H,2-3,8,10-12,17H2,1H3,(H,36,41). The lowest BCUT2D eigenvalue weighted by Gasteiger charge is -2.26. The van der Waals surface area contributed by atoms with Crippen molar-refractivity contribution in [2.75, 3.05) is 19.7 Å². The Labute approximate surface area is 255 Å². The second-order valence-electron chi connectivity index (χ2n) is 10.7. The maximum atomic E-state index is 14.4. The molecule has 2 aromatic carbocycles. The molecule has 5 heterocycles. The summed E-state index contributed by atoms with van der Waals surface area (Å²) in [6, 6.07) is 14.1. The van der Waals surface area contributed by atoms with Gasteiger partial charge in [0.2, 0.25) is 0 Å². The quantitative estimate of drug-likeness (QED) is 0.233. The van der Waals surface area contributed by atoms with Gasteiger partial charge in [-0.25, -0.2) is 13.8 Å². The van der Waals surface area contributed by atoms with Crippen LogP contribution in [0.3, 0.4) is 0 Å². The van der Waals surface area contributed by atoms with Crippen LogP contribution in [0.4, 0.5) is 8.78 Å². The Balaban J connectivity index is 1.46. The third-order valence-corrected chi connectivity index (χ3v) is 8.92. The van der Waals surface area contributed by atoms with Gasteiger partial charge in [-0.2, -0.15) is 5.10 Å². The number of nitrogens with zero attached hydrogens (tertiary/aromatic N) is 4. The Hall–Kier alpha value is -4.90. The molecule has 0 spiro atoms. The number of fused-ring (bicyclic) bond motifs is 3. The molecule has 0 bridgehead atoms. The predicted molar refractivity (Wildman–Crippen MR) is 165 cm³/mol. The molecule has 8 nitrogen and oxygen atoms in total. The molecule has 1 N–H and O–H groups in total. The van der Waals surface area contributed by atoms with Crippen molar-refractivity contribution in [3.8, 4) is 39.5 Å². The highest BCUT2D eigenvalue weighted by molar-refractivity contribution is 7.18. The molecule has 0 fully saturated rings. The highest BCUT2D eigenvalue weighted by Gasteiger charge is 2.28. The fraction of sp³-hybridized carbons (Fsp3) is 0.212. The van der Waals surface area contributed by atoms with E-state index >= 15 is 0 Å². The van der Waals surface area contributed by atoms with Gasteiger partial charge in [0, 0.05) is 51.5 Å². The van der Waals surface area contributed by atoms with E-state index in [1.54, 1.807) is 10.7 Å². The van der Waals surface area contributed by atoms with Crippen molar-refractivity contribution in [2.45, 2.75) is 26.4 Å². The fourth-order valence-electron chi connectivity index (χ4n) is 5.96. The second-order valence-corrected chi connectivity index (χ2v) is 11.6. The van der Waals surface area contributed by atoms with Gasteiger partial charge in [-0.1, -0.05) is 12.6 Å². The van der Waals surface area contributed by atoms with Crippen molar-refractivity contribution in [2.24, 2.45) is 0 Å². The molecule has 0 unspecified atom stereocenters. The van der Waals surface area contributed by atoms with Crippen molar-refractivity contribution >= 4 is 33.2 Å². The molecular weight excluding hydrogens is 584 g/mol. The number of halogens is 2. The van der Waals surface area contributed by atoms with Gasteiger partial charge < -0.3 is 15.0 Å². The average Bonchev–Trinajstić information content (AvgIpc) is 3.68. The number of benzene rings is 2. The van der Waals surface area contributed by atoms with Gasteiger partial charge in [-0.05, 0) is 60.7 Å². The van der Waals surface area contributed by atoms with Gasteiger partial charge >= 0.3 is 0 Å². The smallest absolute Gasteiger partial charge is 0.282 e. The third kappa shape index (κ3) is 4.73. The van der Waals surface area contributed by atoms with Crippen LogP contribution in [0.2, 0.25) is 0 Å². The van der Waals surface area contributed by atoms with E-state index in [9.17, 15) is 18.4 Å². The first-order valence-corrected chi connectivity index (χ1v) is 15.2. The minimum atomic E-state index is -1.00. The maximum Gasteiger partial charge on any atom is 0.282 e. The number of hydrogen-bond donors (Lipinski definition) is 1. The highest BCUT2D eigenvalue weighted by Crippen LogP contribution is 2.46. The van der Waals surface area contributed by atoms with E-state index in [-0.39, 0.29) is 12.5 Å². The number of carbonyl (C=O) groups excluding carboxylic acids is 2. The number of ether oxygens (including phenoxy) is 1. The Morgan fingerprint density at radius 3 is 2.77 bits per heavy atom. The lowest BCUT2D eigenvalue weighted by molar-refractivity contribution is -0.130. The summed E-state index contributed by atoms with van der Waals surface area (Å²) in [5.74, 6) is -1.86. The summed E-state index contributed by atoms with van der Waals surface area (Å²) in [4.78, 5) is 31.4. The molecule has 0 saturated heterocycles. The van der Waals surface area contributed by atoms with Crippen LogP contribution in [0.1, 0.15) is 28.5 Å². The maximum absolute atomic E-state index is 14.4. The van der Waals surface area contributed by atoms with E-state index in [0.717, 1.165) is 38.2 Å². The van der Waals surface area contributed by atoms with E-state index in [1.165, 1.54) is 28.4 Å². The molecule has 44 heavy (non-hydrogen) atoms. The van der Waals surface area contributed by atoms with Crippen LogP contribution >= 0.6 is 11.3 Å². The Bertz CT molecular complexity index is 2000. The molecule has 11 heteroatoms. The summed E-state index contributed by atoms with van der Waals surface area (Å²) >= 11 is 1.54. The average molecular weight is 612 g/mol. The minimum absolute atomic E-state index is 0.0882. The molecular formula is C33H27F2N5O3S. The first-order chi connectivity index (χ1) is 21.3. The third-order valence-electron chi connectivity index (χ3n) is 7.98. The summed E-state index contributed by atoms with van der Waals surface area (Å²) in [5.41, 5.74) is 6.47. The van der Waals surface area contributed by atoms with E-state index in [1.807, 2.05) is 42.6 Å². The van der Waals surface area contributed by atoms with Gasteiger partial charge in [0.05, 0.1) is 31.1 Å². The van der Waals surface area contributed by atoms with Gasteiger partial charge in [0.25, 0.3) is 11.8 Å². The van der Waals surface area contributed by atoms with Crippen LogP contribution in [0.15, 0.2) is 66.3 Å². The molecule has 5 aromatic rings. The summed E-state index contributed by atoms with van der Waals surface area (Å²) in [6.07, 6.45) is 0.716. The second kappa shape index (κ2) is 11.0. The monoisotopic (exact) mass is 611 g/mol. The number of aromatic nitrogens is 3. The fourth-order valence-corrected chi connectivity index (χ4v) is 6.92. The zero-order valence-corrected chi connectivity index (χ0v) is 24.6.